The van der Waals surface area contributed by atoms with Gasteiger partial charge in [0, 0.05) is 71.9 Å². The first-order valence-electron chi connectivity index (χ1n) is 16.8. The predicted octanol–water partition coefficient (Wildman–Crippen LogP) is 6.05. The number of anilines is 2. The standard InChI is InChI=1S/C35H56N4O8/c1-21-22(12-23-15-44-34(46-23)17-30(2,3)38(10)31(4,5)18-34)13-26(36-28(40)41)25(27(21)37-29(42)43)14-24-16-45-35(47-24)19-32(6,7)39(11)33(8,9)20-35/h13,23-24,36-37H,12,14-20H2,1-11H3,(H,40,41)(H,42,43). The number of nitrogens with one attached hydrogen (secondary N) is 2. The van der Waals surface area contributed by atoms with Gasteiger partial charge in [-0.15, -0.1) is 0 Å². The van der Waals surface area contributed by atoms with Crippen molar-refractivity contribution in [3.63, 3.8) is 0 Å². The van der Waals surface area contributed by atoms with E-state index >= 15 is 0 Å². The zero-order valence-electron chi connectivity index (χ0n) is 30.1. The van der Waals surface area contributed by atoms with E-state index in [1.807, 2.05) is 6.92 Å². The van der Waals surface area contributed by atoms with E-state index in [0.717, 1.165) is 5.56 Å². The first-order valence-corrected chi connectivity index (χ1v) is 16.8. The molecule has 47 heavy (non-hydrogen) atoms. The minimum Gasteiger partial charge on any atom is -0.465 e. The summed E-state index contributed by atoms with van der Waals surface area (Å²) in [6.45, 7) is 20.1. The normalized spacial score (nSPS) is 28.8. The maximum atomic E-state index is 12.1. The van der Waals surface area contributed by atoms with Crippen molar-refractivity contribution in [3.8, 4) is 0 Å². The van der Waals surface area contributed by atoms with Crippen molar-refractivity contribution >= 4 is 23.6 Å². The molecule has 0 bridgehead atoms. The van der Waals surface area contributed by atoms with Crippen molar-refractivity contribution in [3.05, 3.63) is 22.8 Å². The molecule has 4 fully saturated rings. The van der Waals surface area contributed by atoms with Crippen LogP contribution in [0.15, 0.2) is 6.07 Å². The molecule has 4 heterocycles. The Hall–Kier alpha value is -2.48. The zero-order valence-corrected chi connectivity index (χ0v) is 30.1. The van der Waals surface area contributed by atoms with Gasteiger partial charge in [-0.1, -0.05) is 0 Å². The Morgan fingerprint density at radius 1 is 0.745 bits per heavy atom. The molecule has 4 saturated heterocycles. The van der Waals surface area contributed by atoms with E-state index in [1.165, 1.54) is 0 Å². The minimum absolute atomic E-state index is 0.144. The Labute approximate surface area is 279 Å². The van der Waals surface area contributed by atoms with Gasteiger partial charge in [-0.25, -0.2) is 9.59 Å². The maximum absolute atomic E-state index is 12.1. The van der Waals surface area contributed by atoms with Gasteiger partial charge in [0.05, 0.1) is 31.1 Å². The van der Waals surface area contributed by atoms with Crippen molar-refractivity contribution in [2.24, 2.45) is 0 Å². The quantitative estimate of drug-likeness (QED) is 0.285. The summed E-state index contributed by atoms with van der Waals surface area (Å²) < 4.78 is 26.2. The molecule has 5 rings (SSSR count). The van der Waals surface area contributed by atoms with E-state index in [2.05, 4.69) is 89.9 Å². The summed E-state index contributed by atoms with van der Waals surface area (Å²) in [5, 5.41) is 24.9. The first kappa shape index (κ1) is 35.8. The minimum atomic E-state index is -1.24. The summed E-state index contributed by atoms with van der Waals surface area (Å²) in [6.07, 6.45) is 0.288. The molecule has 1 aromatic rings. The van der Waals surface area contributed by atoms with Crippen molar-refractivity contribution in [1.82, 2.24) is 9.80 Å². The summed E-state index contributed by atoms with van der Waals surface area (Å²) >= 11 is 0. The van der Waals surface area contributed by atoms with Gasteiger partial charge in [-0.3, -0.25) is 20.4 Å². The van der Waals surface area contributed by atoms with Crippen molar-refractivity contribution in [1.29, 1.82) is 0 Å². The van der Waals surface area contributed by atoms with Crippen LogP contribution in [0.5, 0.6) is 0 Å². The molecule has 0 aliphatic carbocycles. The third-order valence-electron chi connectivity index (χ3n) is 11.4. The van der Waals surface area contributed by atoms with Crippen LogP contribution in [0, 0.1) is 6.92 Å². The second-order valence-corrected chi connectivity index (χ2v) is 16.8. The fraction of sp³-hybridized carbons (Fsp3) is 0.771. The lowest BCUT2D eigenvalue weighted by molar-refractivity contribution is -0.242. The van der Waals surface area contributed by atoms with Crippen LogP contribution in [0.1, 0.15) is 97.8 Å². The highest BCUT2D eigenvalue weighted by Crippen LogP contribution is 2.50. The lowest BCUT2D eigenvalue weighted by Gasteiger charge is -2.56. The summed E-state index contributed by atoms with van der Waals surface area (Å²) in [7, 11) is 4.26. The van der Waals surface area contributed by atoms with Crippen LogP contribution in [0.25, 0.3) is 0 Å². The van der Waals surface area contributed by atoms with Crippen LogP contribution < -0.4 is 10.6 Å². The second kappa shape index (κ2) is 11.8. The van der Waals surface area contributed by atoms with E-state index in [-0.39, 0.29) is 34.7 Å². The van der Waals surface area contributed by atoms with Crippen LogP contribution in [-0.4, -0.2) is 105 Å². The molecule has 12 heteroatoms. The van der Waals surface area contributed by atoms with Gasteiger partial charge in [-0.05, 0) is 93.6 Å². The molecular weight excluding hydrogens is 604 g/mol. The summed E-state index contributed by atoms with van der Waals surface area (Å²) in [5.74, 6) is -1.51. The predicted molar refractivity (Wildman–Crippen MR) is 179 cm³/mol. The fourth-order valence-corrected chi connectivity index (χ4v) is 8.97. The smallest absolute Gasteiger partial charge is 0.409 e. The molecule has 264 valence electrons. The number of amides is 2. The number of carbonyl (C=O) groups is 2. The molecule has 4 N–H and O–H groups in total. The monoisotopic (exact) mass is 660 g/mol. The average molecular weight is 661 g/mol. The van der Waals surface area contributed by atoms with Crippen molar-refractivity contribution in [2.75, 3.05) is 37.9 Å². The van der Waals surface area contributed by atoms with E-state index in [9.17, 15) is 19.8 Å². The Bertz CT molecular complexity index is 1370. The molecule has 12 nitrogen and oxygen atoms in total. The van der Waals surface area contributed by atoms with Gasteiger partial charge < -0.3 is 29.2 Å². The summed E-state index contributed by atoms with van der Waals surface area (Å²) in [6, 6.07) is 1.80. The number of piperidine rings is 2. The number of hydrogen-bond acceptors (Lipinski definition) is 8. The highest BCUT2D eigenvalue weighted by Gasteiger charge is 2.57. The topological polar surface area (TPSA) is 142 Å². The van der Waals surface area contributed by atoms with Crippen LogP contribution >= 0.6 is 0 Å². The van der Waals surface area contributed by atoms with Crippen LogP contribution in [0.4, 0.5) is 21.0 Å². The molecular formula is C35H56N4O8. The average Bonchev–Trinajstić information content (AvgIpc) is 3.47. The van der Waals surface area contributed by atoms with Crippen LogP contribution in [0.3, 0.4) is 0 Å². The Balaban J connectivity index is 1.42. The lowest BCUT2D eigenvalue weighted by atomic mass is 9.76. The van der Waals surface area contributed by atoms with Crippen molar-refractivity contribution in [2.45, 2.75) is 147 Å². The number of ether oxygens (including phenoxy) is 4. The SMILES string of the molecule is Cc1c(CC2COC3(CC(C)(C)N(C)C(C)(C)C3)O2)cc(NC(=O)O)c(CC2COC3(CC(C)(C)N(C)C(C)(C)C3)O2)c1NC(=O)O. The van der Waals surface area contributed by atoms with Gasteiger partial charge in [0.25, 0.3) is 0 Å². The summed E-state index contributed by atoms with van der Waals surface area (Å²) in [5.41, 5.74) is 2.03. The van der Waals surface area contributed by atoms with E-state index < -0.39 is 29.9 Å². The Kier molecular flexibility index (Phi) is 9.02. The van der Waals surface area contributed by atoms with Crippen LogP contribution in [-0.2, 0) is 31.8 Å². The van der Waals surface area contributed by atoms with E-state index in [1.54, 1.807) is 6.07 Å². The third-order valence-corrected chi connectivity index (χ3v) is 11.4. The van der Waals surface area contributed by atoms with Gasteiger partial charge in [0.15, 0.2) is 11.6 Å². The zero-order chi connectivity index (χ0) is 35.0. The molecule has 2 spiro atoms. The number of rotatable bonds is 6. The van der Waals surface area contributed by atoms with Crippen LogP contribution in [0.2, 0.25) is 0 Å². The lowest BCUT2D eigenvalue weighted by Crippen LogP contribution is -2.64. The number of nitrogens with zero attached hydrogens (tertiary/aromatic N) is 2. The van der Waals surface area contributed by atoms with Crippen molar-refractivity contribution < 1.29 is 38.7 Å². The highest BCUT2D eigenvalue weighted by molar-refractivity contribution is 5.91. The summed E-state index contributed by atoms with van der Waals surface area (Å²) in [4.78, 5) is 28.9. The number of hydrogen-bond donors (Lipinski definition) is 4. The molecule has 0 saturated carbocycles. The molecule has 0 aromatic heterocycles. The third kappa shape index (κ3) is 7.00. The Morgan fingerprint density at radius 3 is 1.55 bits per heavy atom. The molecule has 1 aromatic carbocycles. The number of likely N-dealkylation sites (tertiary alicyclic amines) is 2. The largest absolute Gasteiger partial charge is 0.465 e. The molecule has 0 radical (unpaired) electrons. The molecule has 4 aliphatic heterocycles. The van der Waals surface area contributed by atoms with E-state index in [0.29, 0.717) is 67.8 Å². The Morgan fingerprint density at radius 2 is 1.15 bits per heavy atom. The number of carboxylic acid groups (broad SMARTS) is 2. The number of benzene rings is 1. The van der Waals surface area contributed by atoms with Gasteiger partial charge in [-0.2, -0.15) is 0 Å². The van der Waals surface area contributed by atoms with E-state index in [4.69, 9.17) is 18.9 Å². The second-order valence-electron chi connectivity index (χ2n) is 16.8. The first-order chi connectivity index (χ1) is 21.5. The highest BCUT2D eigenvalue weighted by atomic mass is 16.8. The van der Waals surface area contributed by atoms with Gasteiger partial charge in [0.2, 0.25) is 0 Å². The molecule has 2 atom stereocenters. The van der Waals surface area contributed by atoms with Gasteiger partial charge >= 0.3 is 12.2 Å². The molecule has 2 amide bonds. The molecule has 4 aliphatic rings. The maximum Gasteiger partial charge on any atom is 0.409 e. The molecule has 2 unspecified atom stereocenters. The fourth-order valence-electron chi connectivity index (χ4n) is 8.97. The van der Waals surface area contributed by atoms with Gasteiger partial charge in [0.1, 0.15) is 0 Å².